The van der Waals surface area contributed by atoms with Gasteiger partial charge in [-0.05, 0) is 32.4 Å². The summed E-state index contributed by atoms with van der Waals surface area (Å²) in [5, 5.41) is 5.21. The second kappa shape index (κ2) is 7.35. The maximum absolute atomic E-state index is 12.3. The van der Waals surface area contributed by atoms with E-state index in [1.165, 1.54) is 11.8 Å². The zero-order valence-corrected chi connectivity index (χ0v) is 15.2. The first-order chi connectivity index (χ1) is 10.4. The molecule has 1 N–H and O–H groups in total. The smallest absolute Gasteiger partial charge is 0.237 e. The van der Waals surface area contributed by atoms with Gasteiger partial charge in [0.05, 0.1) is 18.0 Å². The Morgan fingerprint density at radius 3 is 2.77 bits per heavy atom. The second-order valence-electron chi connectivity index (χ2n) is 4.81. The van der Waals surface area contributed by atoms with E-state index in [-0.39, 0.29) is 11.2 Å². The zero-order chi connectivity index (χ0) is 16.3. The van der Waals surface area contributed by atoms with Crippen LogP contribution >= 0.6 is 34.7 Å². The number of thioether (sulfide) groups is 1. The van der Waals surface area contributed by atoms with Crippen LogP contribution in [0.15, 0.2) is 21.9 Å². The van der Waals surface area contributed by atoms with Crippen molar-refractivity contribution in [2.24, 2.45) is 0 Å². The normalized spacial score (nSPS) is 12.0. The quantitative estimate of drug-likeness (QED) is 0.799. The van der Waals surface area contributed by atoms with Crippen LogP contribution in [0.3, 0.4) is 0 Å². The fourth-order valence-corrected chi connectivity index (χ4v) is 3.89. The lowest BCUT2D eigenvalue weighted by Gasteiger charge is -2.14. The van der Waals surface area contributed by atoms with Gasteiger partial charge in [-0.15, -0.1) is 11.3 Å². The summed E-state index contributed by atoms with van der Waals surface area (Å²) in [6.45, 7) is 5.67. The molecule has 0 aliphatic rings. The summed E-state index contributed by atoms with van der Waals surface area (Å²) >= 11 is 9.05. The standard InChI is InChI=1S/C15H17ClN2O2S2/c1-8-5-12(13(20-4)6-11(8)16)18-14(19)10(3)22-15-17-9(2)7-21-15/h5-7,10H,1-4H3,(H,18,19)/t10-/m0/s1. The van der Waals surface area contributed by atoms with Gasteiger partial charge in [0.25, 0.3) is 0 Å². The molecule has 2 rings (SSSR count). The number of methoxy groups -OCH3 is 1. The van der Waals surface area contributed by atoms with Gasteiger partial charge in [0, 0.05) is 22.2 Å². The SMILES string of the molecule is COc1cc(Cl)c(C)cc1NC(=O)[C@H](C)Sc1nc(C)cs1. The van der Waals surface area contributed by atoms with Crippen molar-refractivity contribution in [1.29, 1.82) is 0 Å². The summed E-state index contributed by atoms with van der Waals surface area (Å²) in [7, 11) is 1.55. The molecule has 0 aliphatic heterocycles. The fraction of sp³-hybridized carbons (Fsp3) is 0.333. The molecule has 0 fully saturated rings. The molecule has 0 saturated heterocycles. The molecular formula is C15H17ClN2O2S2. The molecule has 1 atom stereocenters. The van der Waals surface area contributed by atoms with Crippen molar-refractivity contribution in [2.75, 3.05) is 12.4 Å². The minimum atomic E-state index is -0.258. The summed E-state index contributed by atoms with van der Waals surface area (Å²) in [6, 6.07) is 3.51. The number of ether oxygens (including phenoxy) is 1. The Morgan fingerprint density at radius 2 is 2.18 bits per heavy atom. The van der Waals surface area contributed by atoms with Gasteiger partial charge in [-0.25, -0.2) is 4.98 Å². The average Bonchev–Trinajstić information content (AvgIpc) is 2.87. The number of carbonyl (C=O) groups is 1. The number of aryl methyl sites for hydroxylation is 2. The highest BCUT2D eigenvalue weighted by Gasteiger charge is 2.18. The Hall–Kier alpha value is -1.24. The molecule has 118 valence electrons. The third-order valence-electron chi connectivity index (χ3n) is 2.98. The number of halogens is 1. The Kier molecular flexibility index (Phi) is 5.72. The van der Waals surface area contributed by atoms with Crippen LogP contribution in [0, 0.1) is 13.8 Å². The number of benzene rings is 1. The summed E-state index contributed by atoms with van der Waals surface area (Å²) < 4.78 is 6.16. The number of hydrogen-bond donors (Lipinski definition) is 1. The topological polar surface area (TPSA) is 51.2 Å². The van der Waals surface area contributed by atoms with Crippen LogP contribution in [0.1, 0.15) is 18.2 Å². The van der Waals surface area contributed by atoms with Crippen molar-refractivity contribution in [3.63, 3.8) is 0 Å². The van der Waals surface area contributed by atoms with Crippen molar-refractivity contribution < 1.29 is 9.53 Å². The first-order valence-electron chi connectivity index (χ1n) is 6.64. The summed E-state index contributed by atoms with van der Waals surface area (Å²) in [5.74, 6) is 0.448. The Balaban J connectivity index is 2.09. The lowest BCUT2D eigenvalue weighted by atomic mass is 10.2. The number of aromatic nitrogens is 1. The average molecular weight is 357 g/mol. The molecule has 7 heteroatoms. The molecule has 1 aromatic heterocycles. The van der Waals surface area contributed by atoms with Gasteiger partial charge < -0.3 is 10.1 Å². The van der Waals surface area contributed by atoms with Crippen LogP contribution < -0.4 is 10.1 Å². The minimum absolute atomic E-state index is 0.0992. The predicted octanol–water partition coefficient (Wildman–Crippen LogP) is 4.54. The van der Waals surface area contributed by atoms with E-state index in [0.29, 0.717) is 16.5 Å². The predicted molar refractivity (Wildman–Crippen MR) is 93.5 cm³/mol. The summed E-state index contributed by atoms with van der Waals surface area (Å²) in [4.78, 5) is 16.7. The van der Waals surface area contributed by atoms with Crippen LogP contribution in [-0.2, 0) is 4.79 Å². The molecule has 2 aromatic rings. The highest BCUT2D eigenvalue weighted by molar-refractivity contribution is 8.02. The van der Waals surface area contributed by atoms with E-state index in [9.17, 15) is 4.79 Å². The summed E-state index contributed by atoms with van der Waals surface area (Å²) in [5.41, 5.74) is 2.47. The number of amides is 1. The third-order valence-corrected chi connectivity index (χ3v) is 5.58. The van der Waals surface area contributed by atoms with Crippen molar-refractivity contribution in [2.45, 2.75) is 30.4 Å². The molecule has 22 heavy (non-hydrogen) atoms. The number of nitrogens with one attached hydrogen (secondary N) is 1. The first kappa shape index (κ1) is 17.1. The van der Waals surface area contributed by atoms with Gasteiger partial charge in [-0.3, -0.25) is 4.79 Å². The fourth-order valence-electron chi connectivity index (χ4n) is 1.76. The molecule has 4 nitrogen and oxygen atoms in total. The molecule has 1 aromatic carbocycles. The molecule has 0 unspecified atom stereocenters. The van der Waals surface area contributed by atoms with Crippen LogP contribution in [-0.4, -0.2) is 23.3 Å². The van der Waals surface area contributed by atoms with Crippen LogP contribution in [0.5, 0.6) is 5.75 Å². The van der Waals surface area contributed by atoms with Crippen LogP contribution in [0.4, 0.5) is 5.69 Å². The highest BCUT2D eigenvalue weighted by atomic mass is 35.5. The van der Waals surface area contributed by atoms with Gasteiger partial charge >= 0.3 is 0 Å². The molecule has 0 saturated carbocycles. The molecule has 1 amide bonds. The number of rotatable bonds is 5. The zero-order valence-electron chi connectivity index (χ0n) is 12.8. The molecule has 0 radical (unpaired) electrons. The van der Waals surface area contributed by atoms with Crippen molar-refractivity contribution >= 4 is 46.3 Å². The number of thiazole rings is 1. The Morgan fingerprint density at radius 1 is 1.45 bits per heavy atom. The second-order valence-corrected chi connectivity index (χ2v) is 7.66. The molecular weight excluding hydrogens is 340 g/mol. The number of nitrogens with zero attached hydrogens (tertiary/aromatic N) is 1. The highest BCUT2D eigenvalue weighted by Crippen LogP contribution is 2.32. The van der Waals surface area contributed by atoms with Gasteiger partial charge in [0.2, 0.25) is 5.91 Å². The Bertz CT molecular complexity index is 688. The minimum Gasteiger partial charge on any atom is -0.495 e. The monoisotopic (exact) mass is 356 g/mol. The van der Waals surface area contributed by atoms with Crippen molar-refractivity contribution in [1.82, 2.24) is 4.98 Å². The van der Waals surface area contributed by atoms with E-state index in [2.05, 4.69) is 10.3 Å². The van der Waals surface area contributed by atoms with Crippen LogP contribution in [0.2, 0.25) is 5.02 Å². The van der Waals surface area contributed by atoms with Crippen LogP contribution in [0.25, 0.3) is 0 Å². The maximum Gasteiger partial charge on any atom is 0.237 e. The largest absolute Gasteiger partial charge is 0.495 e. The van der Waals surface area contributed by atoms with E-state index in [4.69, 9.17) is 16.3 Å². The number of carbonyl (C=O) groups excluding carboxylic acids is 1. The van der Waals surface area contributed by atoms with E-state index < -0.39 is 0 Å². The van der Waals surface area contributed by atoms with E-state index in [0.717, 1.165) is 15.6 Å². The van der Waals surface area contributed by atoms with Gasteiger partial charge in [0.15, 0.2) is 4.34 Å². The molecule has 0 spiro atoms. The van der Waals surface area contributed by atoms with E-state index in [1.807, 2.05) is 32.2 Å². The molecule has 1 heterocycles. The van der Waals surface area contributed by atoms with Crippen molar-refractivity contribution in [3.05, 3.63) is 33.8 Å². The Labute approximate surface area is 143 Å². The van der Waals surface area contributed by atoms with E-state index in [1.54, 1.807) is 24.5 Å². The first-order valence-corrected chi connectivity index (χ1v) is 8.78. The van der Waals surface area contributed by atoms with Gasteiger partial charge in [-0.2, -0.15) is 0 Å². The lowest BCUT2D eigenvalue weighted by Crippen LogP contribution is -2.22. The molecule has 0 aliphatic carbocycles. The number of anilines is 1. The third kappa shape index (κ3) is 4.15. The summed E-state index contributed by atoms with van der Waals surface area (Å²) in [6.07, 6.45) is 0. The van der Waals surface area contributed by atoms with Crippen molar-refractivity contribution in [3.8, 4) is 5.75 Å². The molecule has 0 bridgehead atoms. The lowest BCUT2D eigenvalue weighted by molar-refractivity contribution is -0.115. The van der Waals surface area contributed by atoms with Gasteiger partial charge in [0.1, 0.15) is 5.75 Å². The number of hydrogen-bond acceptors (Lipinski definition) is 5. The van der Waals surface area contributed by atoms with Gasteiger partial charge in [-0.1, -0.05) is 23.4 Å². The maximum atomic E-state index is 12.3. The van der Waals surface area contributed by atoms with E-state index >= 15 is 0 Å².